The first-order valence-electron chi connectivity index (χ1n) is 5.66. The largest absolute Gasteiger partial charge is 0.370 e. The van der Waals surface area contributed by atoms with Crippen LogP contribution in [0, 0.1) is 0 Å². The molecule has 1 saturated heterocycles. The maximum absolute atomic E-state index is 4.44. The quantitative estimate of drug-likeness (QED) is 0.734. The summed E-state index contributed by atoms with van der Waals surface area (Å²) in [6, 6.07) is 1.08. The van der Waals surface area contributed by atoms with Gasteiger partial charge in [-0.05, 0) is 20.3 Å². The monoisotopic (exact) mass is 195 g/mol. The molecule has 0 aromatic carbocycles. The molecule has 14 heavy (non-hydrogen) atoms. The van der Waals surface area contributed by atoms with Crippen LogP contribution in [-0.4, -0.2) is 42.0 Å². The van der Waals surface area contributed by atoms with E-state index in [-0.39, 0.29) is 0 Å². The summed E-state index contributed by atoms with van der Waals surface area (Å²) >= 11 is 0. The molecule has 1 N–H and O–H groups in total. The molecular weight excluding hydrogens is 174 g/mol. The van der Waals surface area contributed by atoms with Gasteiger partial charge in [0, 0.05) is 18.6 Å². The fourth-order valence-corrected chi connectivity index (χ4v) is 2.60. The Morgan fingerprint density at radius 3 is 2.93 bits per heavy atom. The van der Waals surface area contributed by atoms with Crippen LogP contribution in [0.1, 0.15) is 33.6 Å². The zero-order chi connectivity index (χ0) is 10.2. The molecule has 2 rings (SSSR count). The first-order chi connectivity index (χ1) is 6.63. The average Bonchev–Trinajstić information content (AvgIpc) is 2.60. The van der Waals surface area contributed by atoms with E-state index in [2.05, 4.69) is 36.0 Å². The lowest BCUT2D eigenvalue weighted by molar-refractivity contribution is 0.138. The molecule has 0 aromatic heterocycles. The third kappa shape index (κ3) is 1.65. The minimum Gasteiger partial charge on any atom is -0.370 e. The summed E-state index contributed by atoms with van der Waals surface area (Å²) in [7, 11) is 0. The molecule has 0 radical (unpaired) electrons. The molecule has 2 atom stereocenters. The lowest BCUT2D eigenvalue weighted by Gasteiger charge is -2.35. The summed E-state index contributed by atoms with van der Waals surface area (Å²) in [5.41, 5.74) is 0.344. The van der Waals surface area contributed by atoms with Crippen molar-refractivity contribution < 1.29 is 0 Å². The third-order valence-electron chi connectivity index (χ3n) is 3.56. The number of nitrogens with one attached hydrogen (secondary N) is 1. The molecule has 0 bridgehead atoms. The van der Waals surface area contributed by atoms with E-state index in [0.717, 1.165) is 13.1 Å². The van der Waals surface area contributed by atoms with Crippen molar-refractivity contribution in [3.8, 4) is 0 Å². The summed E-state index contributed by atoms with van der Waals surface area (Å²) in [5.74, 6) is 0. The van der Waals surface area contributed by atoms with Crippen LogP contribution < -0.4 is 5.32 Å². The number of hydrogen-bond donors (Lipinski definition) is 1. The average molecular weight is 195 g/mol. The Morgan fingerprint density at radius 2 is 2.29 bits per heavy atom. The van der Waals surface area contributed by atoms with Crippen molar-refractivity contribution in [2.24, 2.45) is 4.99 Å². The van der Waals surface area contributed by atoms with Crippen molar-refractivity contribution in [1.82, 2.24) is 10.2 Å². The van der Waals surface area contributed by atoms with Gasteiger partial charge >= 0.3 is 0 Å². The van der Waals surface area contributed by atoms with Gasteiger partial charge in [-0.1, -0.05) is 13.3 Å². The Hall–Kier alpha value is -0.570. The Labute approximate surface area is 86.6 Å². The van der Waals surface area contributed by atoms with Crippen molar-refractivity contribution >= 4 is 6.34 Å². The number of fused-ring (bicyclic) bond motifs is 1. The first kappa shape index (κ1) is 9.97. The fourth-order valence-electron chi connectivity index (χ4n) is 2.60. The zero-order valence-electron chi connectivity index (χ0n) is 9.45. The summed E-state index contributed by atoms with van der Waals surface area (Å²) in [5, 5.41) is 3.33. The number of aliphatic imine (C=N–C) groups is 1. The highest BCUT2D eigenvalue weighted by molar-refractivity contribution is 5.58. The van der Waals surface area contributed by atoms with Gasteiger partial charge in [0.15, 0.2) is 0 Å². The molecule has 2 aliphatic heterocycles. The third-order valence-corrected chi connectivity index (χ3v) is 3.56. The van der Waals surface area contributed by atoms with Crippen molar-refractivity contribution in [1.29, 1.82) is 0 Å². The molecule has 2 heterocycles. The van der Waals surface area contributed by atoms with Gasteiger partial charge in [-0.2, -0.15) is 0 Å². The highest BCUT2D eigenvalue weighted by atomic mass is 15.3. The number of nitrogens with zero attached hydrogens (tertiary/aromatic N) is 2. The predicted molar refractivity (Wildman–Crippen MR) is 59.8 cm³/mol. The summed E-state index contributed by atoms with van der Waals surface area (Å²) in [6.45, 7) is 9.23. The van der Waals surface area contributed by atoms with Crippen LogP contribution in [0.25, 0.3) is 0 Å². The topological polar surface area (TPSA) is 27.6 Å². The van der Waals surface area contributed by atoms with Crippen LogP contribution in [0.4, 0.5) is 0 Å². The van der Waals surface area contributed by atoms with Crippen LogP contribution in [0.5, 0.6) is 0 Å². The molecule has 0 aliphatic carbocycles. The van der Waals surface area contributed by atoms with Crippen molar-refractivity contribution in [3.63, 3.8) is 0 Å². The molecule has 0 saturated carbocycles. The van der Waals surface area contributed by atoms with E-state index in [9.17, 15) is 0 Å². The van der Waals surface area contributed by atoms with E-state index in [1.165, 1.54) is 12.8 Å². The molecule has 80 valence electrons. The molecule has 1 fully saturated rings. The lowest BCUT2D eigenvalue weighted by atomic mass is 9.97. The van der Waals surface area contributed by atoms with E-state index in [0.29, 0.717) is 17.6 Å². The van der Waals surface area contributed by atoms with Gasteiger partial charge in [0.1, 0.15) is 0 Å². The van der Waals surface area contributed by atoms with Gasteiger partial charge in [0.25, 0.3) is 0 Å². The van der Waals surface area contributed by atoms with Crippen LogP contribution in [0.2, 0.25) is 0 Å². The number of hydrogen-bond acceptors (Lipinski definition) is 3. The maximum atomic E-state index is 4.44. The van der Waals surface area contributed by atoms with Gasteiger partial charge < -0.3 is 5.32 Å². The van der Waals surface area contributed by atoms with Crippen molar-refractivity contribution in [2.45, 2.75) is 51.2 Å². The SMILES string of the molecule is CCCC(C)(C)N1CC2N=CNC2C1. The van der Waals surface area contributed by atoms with E-state index < -0.39 is 0 Å². The highest BCUT2D eigenvalue weighted by Gasteiger charge is 2.40. The molecule has 0 aromatic rings. The standard InChI is InChI=1S/C11H21N3/c1-4-5-11(2,3)14-6-9-10(7-14)13-8-12-9/h8-10H,4-7H2,1-3H3,(H,12,13). The minimum absolute atomic E-state index is 0.344. The number of likely N-dealkylation sites (tertiary alicyclic amines) is 1. The number of rotatable bonds is 3. The molecular formula is C11H21N3. The first-order valence-corrected chi connectivity index (χ1v) is 5.66. The maximum Gasteiger partial charge on any atom is 0.0857 e. The van der Waals surface area contributed by atoms with E-state index in [1.807, 2.05) is 6.34 Å². The van der Waals surface area contributed by atoms with Crippen LogP contribution in [0.3, 0.4) is 0 Å². The van der Waals surface area contributed by atoms with E-state index >= 15 is 0 Å². The van der Waals surface area contributed by atoms with Gasteiger partial charge in [-0.3, -0.25) is 9.89 Å². The summed E-state index contributed by atoms with van der Waals surface area (Å²) < 4.78 is 0. The Morgan fingerprint density at radius 1 is 1.50 bits per heavy atom. The molecule has 2 aliphatic rings. The lowest BCUT2D eigenvalue weighted by Crippen LogP contribution is -2.44. The predicted octanol–water partition coefficient (Wildman–Crippen LogP) is 1.25. The van der Waals surface area contributed by atoms with Crippen LogP contribution in [0.15, 0.2) is 4.99 Å². The second-order valence-electron chi connectivity index (χ2n) is 5.09. The van der Waals surface area contributed by atoms with Gasteiger partial charge in [0.2, 0.25) is 0 Å². The molecule has 3 heteroatoms. The Kier molecular flexibility index (Phi) is 2.52. The van der Waals surface area contributed by atoms with Crippen LogP contribution >= 0.6 is 0 Å². The Balaban J connectivity index is 1.97. The van der Waals surface area contributed by atoms with Gasteiger partial charge in [-0.25, -0.2) is 0 Å². The minimum atomic E-state index is 0.344. The summed E-state index contributed by atoms with van der Waals surface area (Å²) in [6.07, 6.45) is 4.41. The van der Waals surface area contributed by atoms with Crippen LogP contribution in [-0.2, 0) is 0 Å². The molecule has 0 amide bonds. The molecule has 2 unspecified atom stereocenters. The van der Waals surface area contributed by atoms with Gasteiger partial charge in [-0.15, -0.1) is 0 Å². The van der Waals surface area contributed by atoms with E-state index in [4.69, 9.17) is 0 Å². The van der Waals surface area contributed by atoms with Crippen molar-refractivity contribution in [2.75, 3.05) is 13.1 Å². The zero-order valence-corrected chi connectivity index (χ0v) is 9.45. The fraction of sp³-hybridized carbons (Fsp3) is 0.909. The normalized spacial score (nSPS) is 31.9. The smallest absolute Gasteiger partial charge is 0.0857 e. The van der Waals surface area contributed by atoms with E-state index in [1.54, 1.807) is 0 Å². The van der Waals surface area contributed by atoms with Crippen molar-refractivity contribution in [3.05, 3.63) is 0 Å². The van der Waals surface area contributed by atoms with Gasteiger partial charge in [0.05, 0.1) is 18.4 Å². The molecule has 3 nitrogen and oxygen atoms in total. The second-order valence-corrected chi connectivity index (χ2v) is 5.09. The Bertz CT molecular complexity index is 235. The highest BCUT2D eigenvalue weighted by Crippen LogP contribution is 2.27. The second kappa shape index (κ2) is 3.54. The summed E-state index contributed by atoms with van der Waals surface area (Å²) in [4.78, 5) is 7.02. The molecule has 0 spiro atoms.